The Morgan fingerprint density at radius 2 is 1.90 bits per heavy atom. The Hall–Kier alpha value is -2.47. The van der Waals surface area contributed by atoms with Crippen molar-refractivity contribution in [1.82, 2.24) is 19.7 Å². The Morgan fingerprint density at radius 1 is 1.14 bits per heavy atom. The molecule has 6 heteroatoms. The summed E-state index contributed by atoms with van der Waals surface area (Å²) in [7, 11) is 0. The van der Waals surface area contributed by atoms with Crippen LogP contribution in [0.2, 0.25) is 0 Å². The molecular weight excluding hydrogens is 264 g/mol. The quantitative estimate of drug-likeness (QED) is 0.767. The normalized spacial score (nSPS) is 17.0. The second-order valence-corrected chi connectivity index (χ2v) is 5.84. The first-order valence-electron chi connectivity index (χ1n) is 6.92. The van der Waals surface area contributed by atoms with E-state index in [0.29, 0.717) is 0 Å². The highest BCUT2D eigenvalue weighted by atomic mass is 15.3. The number of anilines is 1. The number of hydrogen-bond acceptors (Lipinski definition) is 5. The molecule has 0 saturated carbocycles. The zero-order chi connectivity index (χ0) is 14.4. The number of para-hydroxylation sites is 1. The molecule has 21 heavy (non-hydrogen) atoms. The van der Waals surface area contributed by atoms with Crippen molar-refractivity contribution in [3.05, 3.63) is 42.9 Å². The molecule has 0 unspecified atom stereocenters. The molecule has 106 valence electrons. The summed E-state index contributed by atoms with van der Waals surface area (Å²) in [4.78, 5) is 11.0. The van der Waals surface area contributed by atoms with Crippen molar-refractivity contribution in [1.29, 1.82) is 0 Å². The minimum absolute atomic E-state index is 0.132. The molecule has 1 fully saturated rings. The van der Waals surface area contributed by atoms with Gasteiger partial charge >= 0.3 is 0 Å². The third-order valence-corrected chi connectivity index (χ3v) is 3.75. The molecule has 1 saturated heterocycles. The van der Waals surface area contributed by atoms with E-state index in [4.69, 9.17) is 5.73 Å². The molecule has 0 bridgehead atoms. The highest BCUT2D eigenvalue weighted by molar-refractivity contribution is 5.88. The summed E-state index contributed by atoms with van der Waals surface area (Å²) in [5.41, 5.74) is 7.76. The maximum atomic E-state index is 6.08. The lowest BCUT2D eigenvalue weighted by Crippen LogP contribution is -2.65. The van der Waals surface area contributed by atoms with Gasteiger partial charge in [0.15, 0.2) is 5.65 Å². The highest BCUT2D eigenvalue weighted by Crippen LogP contribution is 2.30. The predicted octanol–water partition coefficient (Wildman–Crippen LogP) is 1.35. The van der Waals surface area contributed by atoms with Crippen LogP contribution in [0.5, 0.6) is 0 Å². The lowest BCUT2D eigenvalue weighted by Gasteiger charge is -2.46. The zero-order valence-corrected chi connectivity index (χ0v) is 11.8. The van der Waals surface area contributed by atoms with Gasteiger partial charge in [-0.15, -0.1) is 0 Å². The summed E-state index contributed by atoms with van der Waals surface area (Å²) in [6.45, 7) is 3.65. The lowest BCUT2D eigenvalue weighted by molar-refractivity contribution is 0.363. The van der Waals surface area contributed by atoms with Crippen molar-refractivity contribution in [3.63, 3.8) is 0 Å². The van der Waals surface area contributed by atoms with Gasteiger partial charge in [0.2, 0.25) is 0 Å². The monoisotopic (exact) mass is 280 g/mol. The number of fused-ring (bicyclic) bond motifs is 1. The third kappa shape index (κ3) is 1.95. The van der Waals surface area contributed by atoms with Crippen molar-refractivity contribution < 1.29 is 0 Å². The van der Waals surface area contributed by atoms with Crippen LogP contribution in [0.1, 0.15) is 6.92 Å². The molecule has 2 N–H and O–H groups in total. The van der Waals surface area contributed by atoms with E-state index < -0.39 is 0 Å². The Kier molecular flexibility index (Phi) is 2.49. The van der Waals surface area contributed by atoms with Gasteiger partial charge in [-0.05, 0) is 19.1 Å². The summed E-state index contributed by atoms with van der Waals surface area (Å²) >= 11 is 0. The summed E-state index contributed by atoms with van der Waals surface area (Å²) in [5, 5.41) is 5.42. The van der Waals surface area contributed by atoms with Crippen LogP contribution < -0.4 is 10.6 Å². The van der Waals surface area contributed by atoms with Gasteiger partial charge < -0.3 is 10.6 Å². The minimum atomic E-state index is -0.132. The first-order chi connectivity index (χ1) is 10.1. The van der Waals surface area contributed by atoms with Gasteiger partial charge in [0.1, 0.15) is 12.1 Å². The summed E-state index contributed by atoms with van der Waals surface area (Å²) < 4.78 is 1.84. The Morgan fingerprint density at radius 3 is 2.62 bits per heavy atom. The largest absolute Gasteiger partial charge is 0.352 e. The number of nitrogens with two attached hydrogens (primary N) is 1. The molecule has 0 spiro atoms. The molecule has 0 radical (unpaired) electrons. The Bertz CT molecular complexity index is 784. The van der Waals surface area contributed by atoms with Crippen LogP contribution in [0.25, 0.3) is 16.7 Å². The number of benzene rings is 1. The van der Waals surface area contributed by atoms with Crippen molar-refractivity contribution in [2.45, 2.75) is 12.5 Å². The molecule has 3 heterocycles. The van der Waals surface area contributed by atoms with E-state index in [2.05, 4.69) is 26.9 Å². The molecule has 0 aliphatic carbocycles. The van der Waals surface area contributed by atoms with Gasteiger partial charge in [0.25, 0.3) is 0 Å². The fourth-order valence-electron chi connectivity index (χ4n) is 2.82. The molecule has 6 nitrogen and oxygen atoms in total. The number of nitrogens with zero attached hydrogens (tertiary/aromatic N) is 5. The van der Waals surface area contributed by atoms with Crippen LogP contribution in [-0.2, 0) is 0 Å². The molecule has 4 rings (SSSR count). The second-order valence-electron chi connectivity index (χ2n) is 5.84. The van der Waals surface area contributed by atoms with E-state index in [9.17, 15) is 0 Å². The van der Waals surface area contributed by atoms with Gasteiger partial charge in [-0.25, -0.2) is 14.6 Å². The molecule has 1 aliphatic heterocycles. The van der Waals surface area contributed by atoms with Gasteiger partial charge in [-0.3, -0.25) is 0 Å². The zero-order valence-electron chi connectivity index (χ0n) is 11.8. The minimum Gasteiger partial charge on any atom is -0.352 e. The fraction of sp³-hybridized carbons (Fsp3) is 0.267. The highest BCUT2D eigenvalue weighted by Gasteiger charge is 2.36. The SMILES string of the molecule is CC1(N)CN(c2ncnc3c2cnn3-c2ccccc2)C1. The van der Waals surface area contributed by atoms with Crippen LogP contribution in [0, 0.1) is 0 Å². The first kappa shape index (κ1) is 12.3. The summed E-state index contributed by atoms with van der Waals surface area (Å²) in [5.74, 6) is 0.908. The summed E-state index contributed by atoms with van der Waals surface area (Å²) in [6.07, 6.45) is 3.41. The molecule has 0 atom stereocenters. The molecular formula is C15H16N6. The van der Waals surface area contributed by atoms with Gasteiger partial charge in [0.05, 0.1) is 17.3 Å². The molecule has 3 aromatic rings. The molecule has 1 aliphatic rings. The maximum absolute atomic E-state index is 6.08. The van der Waals surface area contributed by atoms with E-state index in [0.717, 1.165) is 35.6 Å². The van der Waals surface area contributed by atoms with E-state index in [1.165, 1.54) is 0 Å². The van der Waals surface area contributed by atoms with Crippen molar-refractivity contribution >= 4 is 16.9 Å². The Labute approximate surface area is 122 Å². The van der Waals surface area contributed by atoms with Crippen LogP contribution in [-0.4, -0.2) is 38.4 Å². The first-order valence-corrected chi connectivity index (χ1v) is 6.92. The third-order valence-electron chi connectivity index (χ3n) is 3.75. The van der Waals surface area contributed by atoms with Crippen molar-refractivity contribution in [2.24, 2.45) is 5.73 Å². The smallest absolute Gasteiger partial charge is 0.168 e. The maximum Gasteiger partial charge on any atom is 0.168 e. The fourth-order valence-corrected chi connectivity index (χ4v) is 2.82. The predicted molar refractivity (Wildman–Crippen MR) is 81.5 cm³/mol. The second kappa shape index (κ2) is 4.26. The van der Waals surface area contributed by atoms with Gasteiger partial charge in [-0.2, -0.15) is 5.10 Å². The van der Waals surface area contributed by atoms with Crippen LogP contribution >= 0.6 is 0 Å². The summed E-state index contributed by atoms with van der Waals surface area (Å²) in [6, 6.07) is 9.97. The van der Waals surface area contributed by atoms with Crippen LogP contribution in [0.4, 0.5) is 5.82 Å². The van der Waals surface area contributed by atoms with Crippen LogP contribution in [0.15, 0.2) is 42.9 Å². The van der Waals surface area contributed by atoms with E-state index in [1.54, 1.807) is 6.33 Å². The Balaban J connectivity index is 1.80. The number of hydrogen-bond donors (Lipinski definition) is 1. The molecule has 1 aromatic carbocycles. The topological polar surface area (TPSA) is 72.9 Å². The molecule has 0 amide bonds. The number of rotatable bonds is 2. The average Bonchev–Trinajstić information content (AvgIpc) is 2.89. The number of aromatic nitrogens is 4. The van der Waals surface area contributed by atoms with E-state index in [-0.39, 0.29) is 5.54 Å². The van der Waals surface area contributed by atoms with Gasteiger partial charge in [0, 0.05) is 18.6 Å². The van der Waals surface area contributed by atoms with E-state index >= 15 is 0 Å². The van der Waals surface area contributed by atoms with Crippen molar-refractivity contribution in [2.75, 3.05) is 18.0 Å². The lowest BCUT2D eigenvalue weighted by atomic mass is 9.94. The van der Waals surface area contributed by atoms with Crippen LogP contribution in [0.3, 0.4) is 0 Å². The van der Waals surface area contributed by atoms with Gasteiger partial charge in [-0.1, -0.05) is 18.2 Å². The average molecular weight is 280 g/mol. The standard InChI is InChI=1S/C15H16N6/c1-15(16)8-20(9-15)13-12-7-19-21(14(12)18-10-17-13)11-5-3-2-4-6-11/h2-7,10H,8-9,16H2,1H3. The van der Waals surface area contributed by atoms with Crippen molar-refractivity contribution in [3.8, 4) is 5.69 Å². The van der Waals surface area contributed by atoms with E-state index in [1.807, 2.05) is 41.2 Å². The molecule has 2 aromatic heterocycles.